The van der Waals surface area contributed by atoms with Crippen molar-refractivity contribution in [3.63, 3.8) is 0 Å². The summed E-state index contributed by atoms with van der Waals surface area (Å²) in [6, 6.07) is 1.35. The number of hydrogen-bond acceptors (Lipinski definition) is 5. The van der Waals surface area contributed by atoms with Crippen molar-refractivity contribution in [1.82, 2.24) is 9.80 Å². The lowest BCUT2D eigenvalue weighted by Crippen LogP contribution is -2.38. The second-order valence-corrected chi connectivity index (χ2v) is 9.39. The van der Waals surface area contributed by atoms with Gasteiger partial charge in [-0.15, -0.1) is 0 Å². The van der Waals surface area contributed by atoms with E-state index in [1.54, 1.807) is 19.0 Å². The molecule has 7 heteroatoms. The Balaban J connectivity index is 2.74. The number of ether oxygens (including phenoxy) is 1. The molecule has 1 aromatic rings. The van der Waals surface area contributed by atoms with Gasteiger partial charge in [0, 0.05) is 55.0 Å². The standard InChI is InChI=1S/C23H36N2O5/c1-15-13-17(26)16(2)19(20(15)28)23(6,7)14-18(27)24(8)11-10-12-25(9)21(29)30-22(3,4)5/h13,26,28H,1-2,10-12,14H2,3-9H3. The minimum Gasteiger partial charge on any atom is -0.507 e. The predicted octanol–water partition coefficient (Wildman–Crippen LogP) is 2.30. The lowest BCUT2D eigenvalue weighted by atomic mass is 9.79. The summed E-state index contributed by atoms with van der Waals surface area (Å²) in [4.78, 5) is 27.8. The first-order chi connectivity index (χ1) is 13.6. The summed E-state index contributed by atoms with van der Waals surface area (Å²) < 4.78 is 5.31. The zero-order valence-electron chi connectivity index (χ0n) is 19.3. The maximum absolute atomic E-state index is 12.8. The molecule has 2 amide bonds. The minimum absolute atomic E-state index is 0.0581. The van der Waals surface area contributed by atoms with Crippen molar-refractivity contribution < 1.29 is 24.5 Å². The first kappa shape index (κ1) is 25.3. The Morgan fingerprint density at radius 1 is 1.03 bits per heavy atom. The summed E-state index contributed by atoms with van der Waals surface area (Å²) in [5, 5.41) is 21.1. The lowest BCUT2D eigenvalue weighted by Gasteiger charge is -2.29. The van der Waals surface area contributed by atoms with Gasteiger partial charge >= 0.3 is 6.09 Å². The Morgan fingerprint density at radius 3 is 2.10 bits per heavy atom. The second kappa shape index (κ2) is 9.41. The molecule has 0 spiro atoms. The fourth-order valence-corrected chi connectivity index (χ4v) is 3.18. The number of aromatic hydroxyl groups is 2. The van der Waals surface area contributed by atoms with Gasteiger partial charge in [-0.25, -0.2) is 4.79 Å². The topological polar surface area (TPSA) is 90.3 Å². The van der Waals surface area contributed by atoms with Crippen LogP contribution in [0, 0.1) is 0 Å². The van der Waals surface area contributed by atoms with Gasteiger partial charge in [0.1, 0.15) is 17.1 Å². The molecule has 0 radical (unpaired) electrons. The van der Waals surface area contributed by atoms with Crippen molar-refractivity contribution in [1.29, 1.82) is 0 Å². The summed E-state index contributed by atoms with van der Waals surface area (Å²) in [5.41, 5.74) is -0.897. The van der Waals surface area contributed by atoms with E-state index >= 15 is 0 Å². The summed E-state index contributed by atoms with van der Waals surface area (Å²) in [7, 11) is 3.36. The van der Waals surface area contributed by atoms with E-state index in [4.69, 9.17) is 4.74 Å². The minimum atomic E-state index is -0.759. The van der Waals surface area contributed by atoms with Crippen LogP contribution in [-0.4, -0.2) is 64.8 Å². The lowest BCUT2D eigenvalue weighted by molar-refractivity contribution is -0.131. The summed E-state index contributed by atoms with van der Waals surface area (Å²) in [6.45, 7) is 17.6. The third-order valence-corrected chi connectivity index (χ3v) is 4.85. The van der Waals surface area contributed by atoms with Crippen LogP contribution in [0.15, 0.2) is 6.07 Å². The molecule has 1 aromatic carbocycles. The highest BCUT2D eigenvalue weighted by Gasteiger charge is 2.30. The number of carbonyl (C=O) groups is 2. The Hall–Kier alpha value is -2.70. The molecule has 30 heavy (non-hydrogen) atoms. The van der Waals surface area contributed by atoms with Crippen molar-refractivity contribution in [2.75, 3.05) is 27.2 Å². The average Bonchev–Trinajstić information content (AvgIpc) is 2.57. The Kier molecular flexibility index (Phi) is 7.95. The first-order valence-electron chi connectivity index (χ1n) is 9.98. The van der Waals surface area contributed by atoms with E-state index in [0.29, 0.717) is 30.3 Å². The number of phenols is 2. The van der Waals surface area contributed by atoms with Crippen LogP contribution in [0.4, 0.5) is 4.79 Å². The van der Waals surface area contributed by atoms with E-state index in [-0.39, 0.29) is 29.0 Å². The van der Waals surface area contributed by atoms with Gasteiger partial charge in [-0.05, 0) is 33.3 Å². The van der Waals surface area contributed by atoms with Crippen LogP contribution in [0.3, 0.4) is 0 Å². The van der Waals surface area contributed by atoms with E-state index < -0.39 is 17.1 Å². The summed E-state index contributed by atoms with van der Waals surface area (Å²) in [5.74, 6) is -0.239. The molecule has 2 N–H and O–H groups in total. The molecular weight excluding hydrogens is 384 g/mol. The molecule has 7 nitrogen and oxygen atoms in total. The molecule has 0 aliphatic carbocycles. The van der Waals surface area contributed by atoms with Gasteiger partial charge in [0.15, 0.2) is 0 Å². The molecule has 0 heterocycles. The van der Waals surface area contributed by atoms with E-state index in [9.17, 15) is 19.8 Å². The van der Waals surface area contributed by atoms with E-state index in [0.717, 1.165) is 0 Å². The van der Waals surface area contributed by atoms with Gasteiger partial charge in [-0.3, -0.25) is 4.79 Å². The van der Waals surface area contributed by atoms with Gasteiger partial charge in [0.25, 0.3) is 0 Å². The first-order valence-corrected chi connectivity index (χ1v) is 9.98. The van der Waals surface area contributed by atoms with E-state index in [2.05, 4.69) is 13.2 Å². The molecule has 0 aliphatic rings. The van der Waals surface area contributed by atoms with Crippen LogP contribution in [-0.2, 0) is 14.9 Å². The molecule has 0 atom stereocenters. The Bertz CT molecular complexity index is 886. The fraction of sp³-hybridized carbons (Fsp3) is 0.565. The van der Waals surface area contributed by atoms with E-state index in [1.807, 2.05) is 34.6 Å². The van der Waals surface area contributed by atoms with Crippen LogP contribution in [0.1, 0.15) is 53.0 Å². The van der Waals surface area contributed by atoms with Crippen LogP contribution >= 0.6 is 0 Å². The monoisotopic (exact) mass is 420 g/mol. The van der Waals surface area contributed by atoms with Crippen molar-refractivity contribution in [2.24, 2.45) is 0 Å². The molecule has 0 aliphatic heterocycles. The summed E-state index contributed by atoms with van der Waals surface area (Å²) in [6.07, 6.45) is 0.313. The number of nitrogens with zero attached hydrogens (tertiary/aromatic N) is 2. The van der Waals surface area contributed by atoms with Crippen LogP contribution < -0.4 is 10.4 Å². The highest BCUT2D eigenvalue weighted by atomic mass is 16.6. The molecule has 0 saturated carbocycles. The van der Waals surface area contributed by atoms with Crippen molar-refractivity contribution >= 4 is 25.2 Å². The zero-order chi connectivity index (χ0) is 23.4. The second-order valence-electron chi connectivity index (χ2n) is 9.39. The normalized spacial score (nSPS) is 11.8. The molecule has 1 rings (SSSR count). The number of benzene rings is 1. The van der Waals surface area contributed by atoms with Crippen molar-refractivity contribution in [3.05, 3.63) is 22.1 Å². The highest BCUT2D eigenvalue weighted by molar-refractivity contribution is 5.77. The third-order valence-electron chi connectivity index (χ3n) is 4.85. The molecule has 0 saturated heterocycles. The predicted molar refractivity (Wildman–Crippen MR) is 119 cm³/mol. The van der Waals surface area contributed by atoms with Crippen LogP contribution in [0.25, 0.3) is 13.2 Å². The number of hydrogen-bond donors (Lipinski definition) is 2. The molecule has 0 unspecified atom stereocenters. The quantitative estimate of drug-likeness (QED) is 0.661. The molecule has 0 fully saturated rings. The maximum Gasteiger partial charge on any atom is 0.410 e. The number of carbonyl (C=O) groups excluding carboxylic acids is 2. The summed E-state index contributed by atoms with van der Waals surface area (Å²) >= 11 is 0. The van der Waals surface area contributed by atoms with Crippen molar-refractivity contribution in [3.8, 4) is 11.5 Å². The average molecular weight is 421 g/mol. The van der Waals surface area contributed by atoms with E-state index in [1.165, 1.54) is 11.0 Å². The molecule has 168 valence electrons. The zero-order valence-corrected chi connectivity index (χ0v) is 19.3. The van der Waals surface area contributed by atoms with Gasteiger partial charge in [0.2, 0.25) is 5.91 Å². The largest absolute Gasteiger partial charge is 0.507 e. The third kappa shape index (κ3) is 6.68. The van der Waals surface area contributed by atoms with Crippen LogP contribution in [0.2, 0.25) is 0 Å². The fourth-order valence-electron chi connectivity index (χ4n) is 3.18. The molecule has 0 bridgehead atoms. The number of amides is 2. The highest BCUT2D eigenvalue weighted by Crippen LogP contribution is 2.31. The number of phenolic OH excluding ortho intramolecular Hbond substituents is 2. The van der Waals surface area contributed by atoms with Gasteiger partial charge in [-0.2, -0.15) is 0 Å². The smallest absolute Gasteiger partial charge is 0.410 e. The number of rotatable bonds is 7. The van der Waals surface area contributed by atoms with Crippen molar-refractivity contribution in [2.45, 2.75) is 58.5 Å². The van der Waals surface area contributed by atoms with Gasteiger partial charge < -0.3 is 24.7 Å². The maximum atomic E-state index is 12.8. The molecule has 0 aromatic heterocycles. The Morgan fingerprint density at radius 2 is 1.57 bits per heavy atom. The Labute approximate surface area is 179 Å². The van der Waals surface area contributed by atoms with Gasteiger partial charge in [-0.1, -0.05) is 27.0 Å². The SMILES string of the molecule is C=c1cc(O)c(=C)c(C(C)(C)CC(=O)N(C)CCCN(C)C(=O)OC(C)(C)C)c1O. The molecular formula is C23H36N2O5. The van der Waals surface area contributed by atoms with Gasteiger partial charge in [0.05, 0.1) is 0 Å². The van der Waals surface area contributed by atoms with Crippen LogP contribution in [0.5, 0.6) is 11.5 Å².